The number of ketones is 1. The van der Waals surface area contributed by atoms with Gasteiger partial charge < -0.3 is 10.1 Å². The molecule has 0 aliphatic carbocycles. The molecule has 0 aliphatic rings. The van der Waals surface area contributed by atoms with Gasteiger partial charge in [-0.15, -0.1) is 0 Å². The molecule has 0 spiro atoms. The van der Waals surface area contributed by atoms with Gasteiger partial charge >= 0.3 is 5.97 Å². The zero-order chi connectivity index (χ0) is 23.8. The number of rotatable bonds is 9. The van der Waals surface area contributed by atoms with E-state index in [0.29, 0.717) is 16.8 Å². The lowest BCUT2D eigenvalue weighted by atomic mass is 9.97. The number of nitrogens with one attached hydrogen (secondary N) is 1. The van der Waals surface area contributed by atoms with E-state index in [9.17, 15) is 14.4 Å². The number of hydrogen-bond donors (Lipinski definition) is 1. The van der Waals surface area contributed by atoms with E-state index >= 15 is 0 Å². The number of hydrogen-bond acceptors (Lipinski definition) is 4. The van der Waals surface area contributed by atoms with E-state index < -0.39 is 12.1 Å². The predicted octanol–water partition coefficient (Wildman–Crippen LogP) is 5.75. The Balaban J connectivity index is 1.65. The summed E-state index contributed by atoms with van der Waals surface area (Å²) in [6.07, 6.45) is -0.301. The van der Waals surface area contributed by atoms with Gasteiger partial charge in [0.2, 0.25) is 11.7 Å². The Morgan fingerprint density at radius 3 is 2.18 bits per heavy atom. The molecule has 5 heteroatoms. The second-order valence-corrected chi connectivity index (χ2v) is 8.04. The van der Waals surface area contributed by atoms with Crippen molar-refractivity contribution < 1.29 is 19.1 Å². The zero-order valence-electron chi connectivity index (χ0n) is 19.3. The van der Waals surface area contributed by atoms with Crippen LogP contribution in [0.15, 0.2) is 72.8 Å². The Bertz CT molecular complexity index is 1120. The van der Waals surface area contributed by atoms with Crippen LogP contribution >= 0.6 is 0 Å². The van der Waals surface area contributed by atoms with Gasteiger partial charge in [-0.25, -0.2) is 0 Å². The van der Waals surface area contributed by atoms with E-state index in [1.165, 1.54) is 5.56 Å². The lowest BCUT2D eigenvalue weighted by Gasteiger charge is -2.18. The van der Waals surface area contributed by atoms with Crippen LogP contribution in [0.5, 0.6) is 0 Å². The highest BCUT2D eigenvalue weighted by Gasteiger charge is 2.26. The van der Waals surface area contributed by atoms with Crippen LogP contribution in [0.1, 0.15) is 58.5 Å². The SMILES string of the molecule is CCc1ccc(NC(=O)CCC(=O)O[C@@H](C(=O)c2ccc(C)c(C)c2)c2ccccc2)cc1. The van der Waals surface area contributed by atoms with Crippen LogP contribution in [-0.4, -0.2) is 17.7 Å². The highest BCUT2D eigenvalue weighted by atomic mass is 16.5. The first-order valence-corrected chi connectivity index (χ1v) is 11.1. The molecule has 170 valence electrons. The summed E-state index contributed by atoms with van der Waals surface area (Å²) in [5, 5.41) is 2.78. The topological polar surface area (TPSA) is 72.5 Å². The van der Waals surface area contributed by atoms with E-state index in [1.807, 2.05) is 50.2 Å². The van der Waals surface area contributed by atoms with E-state index in [1.54, 1.807) is 36.4 Å². The fraction of sp³-hybridized carbons (Fsp3) is 0.250. The number of esters is 1. The van der Waals surface area contributed by atoms with Crippen molar-refractivity contribution >= 4 is 23.3 Å². The van der Waals surface area contributed by atoms with Crippen molar-refractivity contribution in [2.24, 2.45) is 0 Å². The van der Waals surface area contributed by atoms with Gasteiger partial charge in [0.15, 0.2) is 6.10 Å². The normalized spacial score (nSPS) is 11.5. The Kier molecular flexibility index (Phi) is 8.14. The maximum Gasteiger partial charge on any atom is 0.307 e. The summed E-state index contributed by atoms with van der Waals surface area (Å²) >= 11 is 0. The van der Waals surface area contributed by atoms with Crippen LogP contribution in [-0.2, 0) is 20.7 Å². The molecule has 3 aromatic carbocycles. The van der Waals surface area contributed by atoms with Crippen LogP contribution in [0.3, 0.4) is 0 Å². The number of ether oxygens (including phenoxy) is 1. The monoisotopic (exact) mass is 443 g/mol. The smallest absolute Gasteiger partial charge is 0.307 e. The number of aryl methyl sites for hydroxylation is 3. The minimum Gasteiger partial charge on any atom is -0.449 e. The van der Waals surface area contributed by atoms with Gasteiger partial charge in [-0.1, -0.05) is 61.5 Å². The van der Waals surface area contributed by atoms with E-state index in [0.717, 1.165) is 17.5 Å². The molecule has 5 nitrogen and oxygen atoms in total. The summed E-state index contributed by atoms with van der Waals surface area (Å²) < 4.78 is 5.59. The third-order valence-corrected chi connectivity index (χ3v) is 5.58. The van der Waals surface area contributed by atoms with Gasteiger partial charge in [0.25, 0.3) is 0 Å². The van der Waals surface area contributed by atoms with Gasteiger partial charge in [-0.3, -0.25) is 14.4 Å². The van der Waals surface area contributed by atoms with E-state index in [-0.39, 0.29) is 24.5 Å². The van der Waals surface area contributed by atoms with Crippen LogP contribution in [0.2, 0.25) is 0 Å². The van der Waals surface area contributed by atoms with Crippen LogP contribution in [0.25, 0.3) is 0 Å². The van der Waals surface area contributed by atoms with Gasteiger partial charge in [0.05, 0.1) is 6.42 Å². The Morgan fingerprint density at radius 1 is 0.848 bits per heavy atom. The van der Waals surface area contributed by atoms with Gasteiger partial charge in [-0.2, -0.15) is 0 Å². The number of benzene rings is 3. The Labute approximate surface area is 194 Å². The molecule has 0 radical (unpaired) electrons. The molecule has 0 aliphatic heterocycles. The first kappa shape index (κ1) is 23.9. The number of Topliss-reactive ketones (excluding diaryl/α,β-unsaturated/α-hetero) is 1. The molecule has 0 saturated heterocycles. The molecular weight excluding hydrogens is 414 g/mol. The van der Waals surface area contributed by atoms with Crippen molar-refractivity contribution in [2.45, 2.75) is 46.1 Å². The van der Waals surface area contributed by atoms with Crippen LogP contribution in [0, 0.1) is 13.8 Å². The number of amides is 1. The minimum atomic E-state index is -1.06. The first-order valence-electron chi connectivity index (χ1n) is 11.1. The summed E-state index contributed by atoms with van der Waals surface area (Å²) in [7, 11) is 0. The fourth-order valence-corrected chi connectivity index (χ4v) is 3.40. The molecule has 1 N–H and O–H groups in total. The molecular formula is C28H29NO4. The highest BCUT2D eigenvalue weighted by Crippen LogP contribution is 2.24. The average Bonchev–Trinajstić information content (AvgIpc) is 2.83. The van der Waals surface area contributed by atoms with Crippen LogP contribution < -0.4 is 5.32 Å². The predicted molar refractivity (Wildman–Crippen MR) is 129 cm³/mol. The third kappa shape index (κ3) is 6.62. The highest BCUT2D eigenvalue weighted by molar-refractivity contribution is 6.01. The molecule has 3 aromatic rings. The maximum atomic E-state index is 13.2. The fourth-order valence-electron chi connectivity index (χ4n) is 3.40. The maximum absolute atomic E-state index is 13.2. The largest absolute Gasteiger partial charge is 0.449 e. The van der Waals surface area contributed by atoms with E-state index in [4.69, 9.17) is 4.74 Å². The lowest BCUT2D eigenvalue weighted by molar-refractivity contribution is -0.148. The van der Waals surface area contributed by atoms with Crippen LogP contribution in [0.4, 0.5) is 5.69 Å². The second-order valence-electron chi connectivity index (χ2n) is 8.04. The molecule has 33 heavy (non-hydrogen) atoms. The molecule has 0 aromatic heterocycles. The molecule has 3 rings (SSSR count). The van der Waals surface area contributed by atoms with Gasteiger partial charge in [0.1, 0.15) is 0 Å². The molecule has 0 unspecified atom stereocenters. The minimum absolute atomic E-state index is 0.0340. The molecule has 1 atom stereocenters. The molecule has 0 heterocycles. The van der Waals surface area contributed by atoms with Gasteiger partial charge in [0, 0.05) is 23.2 Å². The van der Waals surface area contributed by atoms with E-state index in [2.05, 4.69) is 12.2 Å². The lowest BCUT2D eigenvalue weighted by Crippen LogP contribution is -2.21. The van der Waals surface area contributed by atoms with Crippen molar-refractivity contribution in [3.8, 4) is 0 Å². The summed E-state index contributed by atoms with van der Waals surface area (Å²) in [5.74, 6) is -1.18. The Morgan fingerprint density at radius 2 is 1.55 bits per heavy atom. The average molecular weight is 444 g/mol. The summed E-state index contributed by atoms with van der Waals surface area (Å²) in [6, 6.07) is 21.9. The summed E-state index contributed by atoms with van der Waals surface area (Å²) in [6.45, 7) is 5.97. The third-order valence-electron chi connectivity index (χ3n) is 5.58. The molecule has 0 fully saturated rings. The molecule has 0 saturated carbocycles. The zero-order valence-corrected chi connectivity index (χ0v) is 19.3. The first-order chi connectivity index (χ1) is 15.9. The summed E-state index contributed by atoms with van der Waals surface area (Å²) in [5.41, 5.74) is 5.00. The Hall–Kier alpha value is -3.73. The number of carbonyl (C=O) groups excluding carboxylic acids is 3. The van der Waals surface area contributed by atoms with Crippen molar-refractivity contribution in [3.63, 3.8) is 0 Å². The molecule has 0 bridgehead atoms. The summed E-state index contributed by atoms with van der Waals surface area (Å²) in [4.78, 5) is 38.1. The van der Waals surface area contributed by atoms with Crippen molar-refractivity contribution in [1.82, 2.24) is 0 Å². The number of anilines is 1. The van der Waals surface area contributed by atoms with Gasteiger partial charge in [-0.05, 0) is 55.2 Å². The van der Waals surface area contributed by atoms with Crippen molar-refractivity contribution in [3.05, 3.63) is 101 Å². The standard InChI is InChI=1S/C28H29NO4/c1-4-21-11-14-24(15-12-21)29-25(30)16-17-26(31)33-28(22-8-6-5-7-9-22)27(32)23-13-10-19(2)20(3)18-23/h5-15,18,28H,4,16-17H2,1-3H3,(H,29,30)/t28-/m1/s1. The van der Waals surface area contributed by atoms with Crippen molar-refractivity contribution in [2.75, 3.05) is 5.32 Å². The molecule has 1 amide bonds. The number of carbonyl (C=O) groups is 3. The van der Waals surface area contributed by atoms with Crippen molar-refractivity contribution in [1.29, 1.82) is 0 Å². The quantitative estimate of drug-likeness (QED) is 0.337. The second kappa shape index (κ2) is 11.2.